The smallest absolute Gasteiger partial charge is 0.249 e. The van der Waals surface area contributed by atoms with E-state index >= 15 is 0 Å². The molecular weight excluding hydrogens is 212 g/mol. The second-order valence-corrected chi connectivity index (χ2v) is 4.12. The van der Waals surface area contributed by atoms with Gasteiger partial charge in [-0.2, -0.15) is 0 Å². The van der Waals surface area contributed by atoms with Gasteiger partial charge < -0.3 is 16.6 Å². The lowest BCUT2D eigenvalue weighted by Gasteiger charge is -2.09. The number of aliphatic hydroxyl groups excluding tert-OH is 1. The molecule has 0 fully saturated rings. The van der Waals surface area contributed by atoms with Crippen LogP contribution in [0.5, 0.6) is 0 Å². The second kappa shape index (κ2) is 5.75. The third-order valence-corrected chi connectivity index (χ3v) is 3.07. The van der Waals surface area contributed by atoms with Gasteiger partial charge in [-0.15, -0.1) is 11.8 Å². The average Bonchev–Trinajstić information content (AvgIpc) is 2.26. The van der Waals surface area contributed by atoms with E-state index < -0.39 is 12.0 Å². The van der Waals surface area contributed by atoms with Crippen molar-refractivity contribution in [2.75, 3.05) is 12.3 Å². The van der Waals surface area contributed by atoms with Gasteiger partial charge in [0.2, 0.25) is 5.91 Å². The Morgan fingerprint density at radius 3 is 2.73 bits per heavy atom. The number of rotatable bonds is 5. The van der Waals surface area contributed by atoms with E-state index in [1.54, 1.807) is 18.2 Å². The third kappa shape index (κ3) is 3.54. The fourth-order valence-electron chi connectivity index (χ4n) is 1.05. The number of amides is 1. The Kier molecular flexibility index (Phi) is 4.61. The largest absolute Gasteiger partial charge is 0.391 e. The first-order chi connectivity index (χ1) is 7.15. The molecule has 0 bridgehead atoms. The van der Waals surface area contributed by atoms with Crippen molar-refractivity contribution in [1.82, 2.24) is 0 Å². The van der Waals surface area contributed by atoms with Crippen LogP contribution in [0.3, 0.4) is 0 Å². The van der Waals surface area contributed by atoms with Gasteiger partial charge in [-0.05, 0) is 12.1 Å². The number of hydrogen-bond acceptors (Lipinski definition) is 4. The highest BCUT2D eigenvalue weighted by Gasteiger charge is 2.09. The fraction of sp³-hybridized carbons (Fsp3) is 0.300. The summed E-state index contributed by atoms with van der Waals surface area (Å²) in [4.78, 5) is 11.8. The number of carbonyl (C=O) groups is 1. The van der Waals surface area contributed by atoms with Crippen molar-refractivity contribution in [2.24, 2.45) is 11.5 Å². The minimum absolute atomic E-state index is 0.214. The zero-order valence-electron chi connectivity index (χ0n) is 8.22. The first-order valence-corrected chi connectivity index (χ1v) is 5.53. The fourth-order valence-corrected chi connectivity index (χ4v) is 2.06. The number of primary amides is 1. The SMILES string of the molecule is NCC(O)CSc1ccccc1C(N)=O. The number of benzene rings is 1. The first-order valence-electron chi connectivity index (χ1n) is 4.55. The molecule has 0 spiro atoms. The third-order valence-electron chi connectivity index (χ3n) is 1.86. The molecule has 1 atom stereocenters. The Balaban J connectivity index is 2.72. The maximum Gasteiger partial charge on any atom is 0.249 e. The normalized spacial score (nSPS) is 12.4. The molecule has 1 rings (SSSR count). The van der Waals surface area contributed by atoms with Crippen LogP contribution in [-0.2, 0) is 0 Å². The molecule has 0 heterocycles. The molecule has 5 N–H and O–H groups in total. The Labute approximate surface area is 92.6 Å². The number of thioether (sulfide) groups is 1. The zero-order valence-corrected chi connectivity index (χ0v) is 9.04. The molecular formula is C10H14N2O2S. The van der Waals surface area contributed by atoms with Gasteiger partial charge in [-0.25, -0.2) is 0 Å². The highest BCUT2D eigenvalue weighted by atomic mass is 32.2. The molecule has 1 amide bonds. The summed E-state index contributed by atoms with van der Waals surface area (Å²) in [5.74, 6) is 0.00110. The van der Waals surface area contributed by atoms with Crippen molar-refractivity contribution in [3.05, 3.63) is 29.8 Å². The Morgan fingerprint density at radius 1 is 1.47 bits per heavy atom. The van der Waals surface area contributed by atoms with Gasteiger partial charge in [-0.1, -0.05) is 12.1 Å². The monoisotopic (exact) mass is 226 g/mol. The van der Waals surface area contributed by atoms with E-state index in [2.05, 4.69) is 0 Å². The quantitative estimate of drug-likeness (QED) is 0.626. The van der Waals surface area contributed by atoms with E-state index in [1.165, 1.54) is 11.8 Å². The van der Waals surface area contributed by atoms with Gasteiger partial charge in [0, 0.05) is 17.2 Å². The van der Waals surface area contributed by atoms with E-state index in [9.17, 15) is 9.90 Å². The van der Waals surface area contributed by atoms with Crippen LogP contribution in [0.1, 0.15) is 10.4 Å². The van der Waals surface area contributed by atoms with Crippen LogP contribution in [0.15, 0.2) is 29.2 Å². The predicted molar refractivity (Wildman–Crippen MR) is 60.7 cm³/mol. The van der Waals surface area contributed by atoms with Crippen molar-refractivity contribution in [1.29, 1.82) is 0 Å². The molecule has 0 aliphatic heterocycles. The number of hydrogen-bond donors (Lipinski definition) is 3. The molecule has 0 saturated carbocycles. The van der Waals surface area contributed by atoms with Crippen LogP contribution in [0.25, 0.3) is 0 Å². The van der Waals surface area contributed by atoms with Crippen molar-refractivity contribution in [2.45, 2.75) is 11.0 Å². The van der Waals surface area contributed by atoms with Crippen molar-refractivity contribution in [3.8, 4) is 0 Å². The molecule has 1 unspecified atom stereocenters. The van der Waals surface area contributed by atoms with Gasteiger partial charge >= 0.3 is 0 Å². The van der Waals surface area contributed by atoms with Gasteiger partial charge in [-0.3, -0.25) is 4.79 Å². The predicted octanol–water partition coefficient (Wildman–Crippen LogP) is 0.197. The zero-order chi connectivity index (χ0) is 11.3. The van der Waals surface area contributed by atoms with Gasteiger partial charge in [0.05, 0.1) is 11.7 Å². The van der Waals surface area contributed by atoms with Crippen LogP contribution in [0, 0.1) is 0 Å². The van der Waals surface area contributed by atoms with Crippen LogP contribution in [0.4, 0.5) is 0 Å². The summed E-state index contributed by atoms with van der Waals surface area (Å²) in [7, 11) is 0. The molecule has 0 radical (unpaired) electrons. The van der Waals surface area contributed by atoms with E-state index in [0.29, 0.717) is 11.3 Å². The van der Waals surface area contributed by atoms with E-state index in [4.69, 9.17) is 11.5 Å². The topological polar surface area (TPSA) is 89.3 Å². The molecule has 1 aromatic carbocycles. The van der Waals surface area contributed by atoms with Gasteiger partial charge in [0.25, 0.3) is 0 Å². The van der Waals surface area contributed by atoms with Crippen molar-refractivity contribution in [3.63, 3.8) is 0 Å². The molecule has 4 nitrogen and oxygen atoms in total. The molecule has 0 aliphatic carbocycles. The van der Waals surface area contributed by atoms with Crippen LogP contribution >= 0.6 is 11.8 Å². The first kappa shape index (κ1) is 12.0. The number of nitrogens with two attached hydrogens (primary N) is 2. The summed E-state index contributed by atoms with van der Waals surface area (Å²) in [5, 5.41) is 9.29. The summed E-state index contributed by atoms with van der Waals surface area (Å²) in [6.45, 7) is 0.214. The van der Waals surface area contributed by atoms with Crippen molar-refractivity contribution < 1.29 is 9.90 Å². The van der Waals surface area contributed by atoms with E-state index in [-0.39, 0.29) is 6.54 Å². The summed E-state index contributed by atoms with van der Waals surface area (Å²) < 4.78 is 0. The molecule has 0 aromatic heterocycles. The average molecular weight is 226 g/mol. The molecule has 82 valence electrons. The maximum atomic E-state index is 11.1. The molecule has 1 aromatic rings. The van der Waals surface area contributed by atoms with E-state index in [0.717, 1.165) is 4.90 Å². The van der Waals surface area contributed by atoms with Crippen LogP contribution in [0.2, 0.25) is 0 Å². The highest BCUT2D eigenvalue weighted by molar-refractivity contribution is 7.99. The lowest BCUT2D eigenvalue weighted by molar-refractivity contribution is 0.0997. The van der Waals surface area contributed by atoms with Crippen LogP contribution < -0.4 is 11.5 Å². The number of carbonyl (C=O) groups excluding carboxylic acids is 1. The number of aliphatic hydroxyl groups is 1. The van der Waals surface area contributed by atoms with Gasteiger partial charge in [0.15, 0.2) is 0 Å². The summed E-state index contributed by atoms with van der Waals surface area (Å²) in [6.07, 6.45) is -0.559. The summed E-state index contributed by atoms with van der Waals surface area (Å²) in [6, 6.07) is 7.04. The molecule has 5 heteroatoms. The van der Waals surface area contributed by atoms with E-state index in [1.807, 2.05) is 6.07 Å². The lowest BCUT2D eigenvalue weighted by atomic mass is 10.2. The van der Waals surface area contributed by atoms with Gasteiger partial charge in [0.1, 0.15) is 0 Å². The Morgan fingerprint density at radius 2 is 2.13 bits per heavy atom. The Bertz CT molecular complexity index is 344. The molecule has 0 saturated heterocycles. The summed E-state index contributed by atoms with van der Waals surface area (Å²) >= 11 is 1.38. The van der Waals surface area contributed by atoms with Crippen molar-refractivity contribution >= 4 is 17.7 Å². The minimum atomic E-state index is -0.559. The standard InChI is InChI=1S/C10H14N2O2S/c11-5-7(13)6-15-9-4-2-1-3-8(9)10(12)14/h1-4,7,13H,5-6,11H2,(H2,12,14). The minimum Gasteiger partial charge on any atom is -0.391 e. The highest BCUT2D eigenvalue weighted by Crippen LogP contribution is 2.22. The molecule has 0 aliphatic rings. The summed E-state index contributed by atoms with van der Waals surface area (Å²) in [5.41, 5.74) is 11.0. The maximum absolute atomic E-state index is 11.1. The Hall–Kier alpha value is -1.04. The molecule has 15 heavy (non-hydrogen) atoms. The second-order valence-electron chi connectivity index (χ2n) is 3.06. The lowest BCUT2D eigenvalue weighted by Crippen LogP contribution is -2.22. The van der Waals surface area contributed by atoms with Crippen LogP contribution in [-0.4, -0.2) is 29.4 Å².